The number of carbonyl (C=O) groups is 1. The Labute approximate surface area is 198 Å². The third-order valence-corrected chi connectivity index (χ3v) is 6.45. The molecule has 1 amide bonds. The summed E-state index contributed by atoms with van der Waals surface area (Å²) in [5, 5.41) is 3.56. The smallest absolute Gasteiger partial charge is 0.252 e. The maximum absolute atomic E-state index is 13.8. The second kappa shape index (κ2) is 9.73. The Morgan fingerprint density at radius 1 is 1.00 bits per heavy atom. The van der Waals surface area contributed by atoms with Crippen molar-refractivity contribution in [3.05, 3.63) is 101 Å². The monoisotopic (exact) mass is 476 g/mol. The first-order valence-electron chi connectivity index (χ1n) is 11.0. The Balaban J connectivity index is 1.92. The lowest BCUT2D eigenvalue weighted by Gasteiger charge is -2.21. The van der Waals surface area contributed by atoms with Crippen LogP contribution in [0.4, 0.5) is 4.39 Å². The topological polar surface area (TPSA) is 76.1 Å². The summed E-state index contributed by atoms with van der Waals surface area (Å²) >= 11 is 0. The number of sulfone groups is 1. The van der Waals surface area contributed by atoms with Gasteiger partial charge in [0.2, 0.25) is 0 Å². The Bertz CT molecular complexity index is 1450. The van der Waals surface area contributed by atoms with E-state index < -0.39 is 21.8 Å². The fraction of sp³-hybridized carbons (Fsp3) is 0.185. The average molecular weight is 477 g/mol. The molecule has 0 saturated heterocycles. The van der Waals surface area contributed by atoms with Crippen molar-refractivity contribution >= 4 is 26.6 Å². The molecule has 0 aliphatic rings. The lowest BCUT2D eigenvalue weighted by atomic mass is 9.96. The van der Waals surface area contributed by atoms with E-state index >= 15 is 0 Å². The molecule has 0 radical (unpaired) electrons. The second-order valence-corrected chi connectivity index (χ2v) is 10.4. The van der Waals surface area contributed by atoms with E-state index in [-0.39, 0.29) is 17.1 Å². The van der Waals surface area contributed by atoms with Crippen LogP contribution in [0.5, 0.6) is 0 Å². The zero-order chi connectivity index (χ0) is 24.3. The first kappa shape index (κ1) is 23.6. The summed E-state index contributed by atoms with van der Waals surface area (Å²) in [7, 11) is -3.49. The van der Waals surface area contributed by atoms with Crippen LogP contribution in [0.2, 0.25) is 0 Å². The van der Waals surface area contributed by atoms with Crippen molar-refractivity contribution in [3.8, 4) is 11.3 Å². The van der Waals surface area contributed by atoms with E-state index in [9.17, 15) is 17.6 Å². The predicted octanol–water partition coefficient (Wildman–Crippen LogP) is 5.47. The molecule has 1 unspecified atom stereocenters. The second-order valence-electron chi connectivity index (χ2n) is 8.26. The summed E-state index contributed by atoms with van der Waals surface area (Å²) in [5.74, 6) is -1.15. The number of para-hydroxylation sites is 1. The molecule has 174 valence electrons. The van der Waals surface area contributed by atoms with Crippen LogP contribution in [0.25, 0.3) is 22.2 Å². The van der Waals surface area contributed by atoms with Crippen molar-refractivity contribution in [2.45, 2.75) is 25.1 Å². The van der Waals surface area contributed by atoms with Gasteiger partial charge in [0.05, 0.1) is 28.6 Å². The SMILES string of the molecule is CCC(NC(=O)c1c(CS(C)(=O)=O)c(-c2ccccc2)nc2ccccc12)c1cccc(F)c1. The molecule has 0 saturated carbocycles. The van der Waals surface area contributed by atoms with Gasteiger partial charge in [0.1, 0.15) is 5.82 Å². The molecule has 0 spiro atoms. The molecule has 3 aromatic carbocycles. The maximum Gasteiger partial charge on any atom is 0.252 e. The van der Waals surface area contributed by atoms with Gasteiger partial charge in [-0.2, -0.15) is 0 Å². The van der Waals surface area contributed by atoms with Crippen molar-refractivity contribution in [2.24, 2.45) is 0 Å². The molecule has 0 aliphatic heterocycles. The van der Waals surface area contributed by atoms with E-state index in [1.165, 1.54) is 12.1 Å². The van der Waals surface area contributed by atoms with Gasteiger partial charge >= 0.3 is 0 Å². The van der Waals surface area contributed by atoms with Crippen molar-refractivity contribution in [1.82, 2.24) is 10.3 Å². The molecule has 7 heteroatoms. The van der Waals surface area contributed by atoms with Gasteiger partial charge in [-0.05, 0) is 30.2 Å². The Kier molecular flexibility index (Phi) is 6.75. The van der Waals surface area contributed by atoms with Gasteiger partial charge in [-0.3, -0.25) is 4.79 Å². The largest absolute Gasteiger partial charge is 0.345 e. The Morgan fingerprint density at radius 3 is 2.38 bits per heavy atom. The minimum absolute atomic E-state index is 0.268. The van der Waals surface area contributed by atoms with Crippen LogP contribution in [-0.4, -0.2) is 25.6 Å². The molecule has 5 nitrogen and oxygen atoms in total. The molecule has 0 aliphatic carbocycles. The number of carbonyl (C=O) groups excluding carboxylic acids is 1. The third-order valence-electron chi connectivity index (χ3n) is 5.64. The maximum atomic E-state index is 13.8. The zero-order valence-corrected chi connectivity index (χ0v) is 19.8. The number of rotatable bonds is 7. The number of halogens is 1. The summed E-state index contributed by atoms with van der Waals surface area (Å²) in [5.41, 5.74) is 3.01. The molecule has 34 heavy (non-hydrogen) atoms. The molecule has 1 atom stereocenters. The number of aromatic nitrogens is 1. The Hall–Kier alpha value is -3.58. The number of hydrogen-bond acceptors (Lipinski definition) is 4. The molecule has 1 heterocycles. The van der Waals surface area contributed by atoms with E-state index in [2.05, 4.69) is 5.32 Å². The minimum atomic E-state index is -3.49. The summed E-state index contributed by atoms with van der Waals surface area (Å²) in [6, 6.07) is 22.1. The highest BCUT2D eigenvalue weighted by molar-refractivity contribution is 7.89. The van der Waals surface area contributed by atoms with Crippen LogP contribution in [-0.2, 0) is 15.6 Å². The highest BCUT2D eigenvalue weighted by Crippen LogP contribution is 2.32. The van der Waals surface area contributed by atoms with Gasteiger partial charge in [0, 0.05) is 22.8 Å². The number of nitrogens with zero attached hydrogens (tertiary/aromatic N) is 1. The van der Waals surface area contributed by atoms with Crippen LogP contribution in [0.1, 0.15) is 40.9 Å². The molecular formula is C27H25FN2O3S. The first-order chi connectivity index (χ1) is 16.3. The van der Waals surface area contributed by atoms with Crippen LogP contribution in [0.15, 0.2) is 78.9 Å². The van der Waals surface area contributed by atoms with Gasteiger partial charge in [-0.15, -0.1) is 0 Å². The average Bonchev–Trinajstić information content (AvgIpc) is 2.81. The van der Waals surface area contributed by atoms with Gasteiger partial charge in [-0.1, -0.05) is 67.6 Å². The quantitative estimate of drug-likeness (QED) is 0.384. The summed E-state index contributed by atoms with van der Waals surface area (Å²) in [4.78, 5) is 18.5. The van der Waals surface area contributed by atoms with Gasteiger partial charge in [0.15, 0.2) is 9.84 Å². The third kappa shape index (κ3) is 5.15. The highest BCUT2D eigenvalue weighted by atomic mass is 32.2. The fourth-order valence-corrected chi connectivity index (χ4v) is 4.93. The van der Waals surface area contributed by atoms with Crippen LogP contribution < -0.4 is 5.32 Å². The zero-order valence-electron chi connectivity index (χ0n) is 19.0. The number of pyridine rings is 1. The number of hydrogen-bond donors (Lipinski definition) is 1. The summed E-state index contributed by atoms with van der Waals surface area (Å²) < 4.78 is 38.7. The van der Waals surface area contributed by atoms with Crippen molar-refractivity contribution in [1.29, 1.82) is 0 Å². The fourth-order valence-electron chi connectivity index (χ4n) is 4.12. The lowest BCUT2D eigenvalue weighted by molar-refractivity contribution is 0.0936. The van der Waals surface area contributed by atoms with E-state index in [1.54, 1.807) is 30.3 Å². The number of nitrogens with one attached hydrogen (secondary N) is 1. The molecule has 0 bridgehead atoms. The number of fused-ring (bicyclic) bond motifs is 1. The van der Waals surface area contributed by atoms with Crippen LogP contribution >= 0.6 is 0 Å². The highest BCUT2D eigenvalue weighted by Gasteiger charge is 2.25. The van der Waals surface area contributed by atoms with Gasteiger partial charge in [-0.25, -0.2) is 17.8 Å². The molecule has 1 aromatic heterocycles. The normalized spacial score (nSPS) is 12.4. The molecule has 4 aromatic rings. The van der Waals surface area contributed by atoms with Crippen LogP contribution in [0.3, 0.4) is 0 Å². The van der Waals surface area contributed by atoms with Gasteiger partial charge < -0.3 is 5.32 Å². The van der Waals surface area contributed by atoms with Crippen molar-refractivity contribution < 1.29 is 17.6 Å². The minimum Gasteiger partial charge on any atom is -0.345 e. The molecule has 4 rings (SSSR count). The molecular weight excluding hydrogens is 451 g/mol. The van der Waals surface area contributed by atoms with E-state index in [0.717, 1.165) is 11.8 Å². The standard InChI is InChI=1S/C27H25FN2O3S/c1-3-23(19-12-9-13-20(28)16-19)30-27(31)25-21-14-7-8-15-24(21)29-26(18-10-5-4-6-11-18)22(25)17-34(2,32)33/h4-16,23H,3,17H2,1-2H3,(H,30,31). The molecule has 0 fully saturated rings. The Morgan fingerprint density at radius 2 is 1.71 bits per heavy atom. The predicted molar refractivity (Wildman–Crippen MR) is 133 cm³/mol. The van der Waals surface area contributed by atoms with Gasteiger partial charge in [0.25, 0.3) is 5.91 Å². The summed E-state index contributed by atoms with van der Waals surface area (Å²) in [6.07, 6.45) is 1.67. The van der Waals surface area contributed by atoms with Crippen molar-refractivity contribution in [3.63, 3.8) is 0 Å². The number of amides is 1. The van der Waals surface area contributed by atoms with E-state index in [1.807, 2.05) is 43.3 Å². The molecule has 1 N–H and O–H groups in total. The van der Waals surface area contributed by atoms with Crippen molar-refractivity contribution in [2.75, 3.05) is 6.26 Å². The summed E-state index contributed by atoms with van der Waals surface area (Å²) in [6.45, 7) is 1.90. The van der Waals surface area contributed by atoms with E-state index in [0.29, 0.717) is 34.1 Å². The van der Waals surface area contributed by atoms with Crippen LogP contribution in [0, 0.1) is 5.82 Å². The number of benzene rings is 3. The van der Waals surface area contributed by atoms with E-state index in [4.69, 9.17) is 4.98 Å². The lowest BCUT2D eigenvalue weighted by Crippen LogP contribution is -2.30. The first-order valence-corrected chi connectivity index (χ1v) is 13.0.